The molecular formula is C14H19N3O2. The average molecular weight is 261 g/mol. The third-order valence-electron chi connectivity index (χ3n) is 3.78. The maximum Gasteiger partial charge on any atom is 0.135 e. The summed E-state index contributed by atoms with van der Waals surface area (Å²) in [5, 5.41) is 9.44. The standard InChI is InChI=1S/C14H19N3O2/c15-11-1-2-13-12(7-11)16-14(8-18)17(13)5-3-10-4-6-19-9-10/h1-2,7,10,18H,3-6,8-9,15H2. The minimum absolute atomic E-state index is 0.0459. The summed E-state index contributed by atoms with van der Waals surface area (Å²) in [5.74, 6) is 1.33. The van der Waals surface area contributed by atoms with E-state index in [1.165, 1.54) is 0 Å². The summed E-state index contributed by atoms with van der Waals surface area (Å²) in [5.41, 5.74) is 8.36. The van der Waals surface area contributed by atoms with E-state index in [9.17, 15) is 5.11 Å². The van der Waals surface area contributed by atoms with Gasteiger partial charge >= 0.3 is 0 Å². The van der Waals surface area contributed by atoms with Gasteiger partial charge in [-0.3, -0.25) is 0 Å². The van der Waals surface area contributed by atoms with Crippen molar-refractivity contribution in [1.82, 2.24) is 9.55 Å². The highest BCUT2D eigenvalue weighted by Gasteiger charge is 2.17. The van der Waals surface area contributed by atoms with Gasteiger partial charge in [0.2, 0.25) is 0 Å². The number of aliphatic hydroxyl groups is 1. The summed E-state index contributed by atoms with van der Waals surface area (Å²) in [6.45, 7) is 2.55. The van der Waals surface area contributed by atoms with Gasteiger partial charge in [0.1, 0.15) is 12.4 Å². The van der Waals surface area contributed by atoms with Crippen molar-refractivity contribution >= 4 is 16.7 Å². The lowest BCUT2D eigenvalue weighted by molar-refractivity contribution is 0.183. The molecule has 1 aliphatic heterocycles. The van der Waals surface area contributed by atoms with Crippen molar-refractivity contribution in [3.05, 3.63) is 24.0 Å². The number of hydrogen-bond donors (Lipinski definition) is 2. The molecule has 0 amide bonds. The van der Waals surface area contributed by atoms with Gasteiger partial charge in [0.25, 0.3) is 0 Å². The van der Waals surface area contributed by atoms with Crippen LogP contribution in [0.3, 0.4) is 0 Å². The summed E-state index contributed by atoms with van der Waals surface area (Å²) >= 11 is 0. The van der Waals surface area contributed by atoms with Crippen LogP contribution in [-0.4, -0.2) is 27.9 Å². The fourth-order valence-electron chi connectivity index (χ4n) is 2.69. The van der Waals surface area contributed by atoms with Gasteiger partial charge in [0.05, 0.1) is 11.0 Å². The smallest absolute Gasteiger partial charge is 0.135 e. The molecule has 3 rings (SSSR count). The normalized spacial score (nSPS) is 19.3. The van der Waals surface area contributed by atoms with E-state index in [1.807, 2.05) is 18.2 Å². The van der Waals surface area contributed by atoms with E-state index in [-0.39, 0.29) is 6.61 Å². The first-order valence-corrected chi connectivity index (χ1v) is 6.71. The van der Waals surface area contributed by atoms with Crippen molar-refractivity contribution < 1.29 is 9.84 Å². The first-order chi connectivity index (χ1) is 9.28. The zero-order valence-electron chi connectivity index (χ0n) is 10.9. The Bertz CT molecular complexity index is 573. The van der Waals surface area contributed by atoms with Gasteiger partial charge < -0.3 is 20.1 Å². The lowest BCUT2D eigenvalue weighted by atomic mass is 10.1. The molecule has 0 aliphatic carbocycles. The molecule has 102 valence electrons. The third-order valence-corrected chi connectivity index (χ3v) is 3.78. The van der Waals surface area contributed by atoms with Gasteiger partial charge in [0.15, 0.2) is 0 Å². The molecule has 2 heterocycles. The number of aryl methyl sites for hydroxylation is 1. The Hall–Kier alpha value is -1.59. The summed E-state index contributed by atoms with van der Waals surface area (Å²) < 4.78 is 7.49. The van der Waals surface area contributed by atoms with E-state index in [0.717, 1.165) is 43.6 Å². The summed E-state index contributed by atoms with van der Waals surface area (Å²) in [6, 6.07) is 5.70. The Morgan fingerprint density at radius 2 is 2.37 bits per heavy atom. The molecule has 1 fully saturated rings. The van der Waals surface area contributed by atoms with Gasteiger partial charge in [0, 0.05) is 25.4 Å². The van der Waals surface area contributed by atoms with E-state index >= 15 is 0 Å². The molecule has 0 bridgehead atoms. The number of ether oxygens (including phenoxy) is 1. The Kier molecular flexibility index (Phi) is 3.40. The predicted molar refractivity (Wildman–Crippen MR) is 73.6 cm³/mol. The fourth-order valence-corrected chi connectivity index (χ4v) is 2.69. The molecular weight excluding hydrogens is 242 g/mol. The second-order valence-corrected chi connectivity index (χ2v) is 5.10. The number of benzene rings is 1. The monoisotopic (exact) mass is 261 g/mol. The minimum Gasteiger partial charge on any atom is -0.399 e. The first-order valence-electron chi connectivity index (χ1n) is 6.71. The van der Waals surface area contributed by atoms with Crippen molar-refractivity contribution in [1.29, 1.82) is 0 Å². The van der Waals surface area contributed by atoms with Gasteiger partial charge in [-0.1, -0.05) is 0 Å². The molecule has 1 aromatic heterocycles. The van der Waals surface area contributed by atoms with Crippen LogP contribution in [0.4, 0.5) is 5.69 Å². The lowest BCUT2D eigenvalue weighted by Crippen LogP contribution is -2.09. The highest BCUT2D eigenvalue weighted by atomic mass is 16.5. The van der Waals surface area contributed by atoms with Crippen LogP contribution in [0.5, 0.6) is 0 Å². The predicted octanol–water partition coefficient (Wildman–Crippen LogP) is 1.54. The molecule has 0 spiro atoms. The molecule has 5 nitrogen and oxygen atoms in total. The van der Waals surface area contributed by atoms with E-state index < -0.39 is 0 Å². The van der Waals surface area contributed by atoms with E-state index in [0.29, 0.717) is 17.4 Å². The molecule has 1 aliphatic rings. The average Bonchev–Trinajstić information content (AvgIpc) is 3.02. The van der Waals surface area contributed by atoms with Crippen molar-refractivity contribution in [3.63, 3.8) is 0 Å². The Morgan fingerprint density at radius 3 is 3.11 bits per heavy atom. The van der Waals surface area contributed by atoms with Crippen LogP contribution in [0.15, 0.2) is 18.2 Å². The summed E-state index contributed by atoms with van der Waals surface area (Å²) in [7, 11) is 0. The van der Waals surface area contributed by atoms with Crippen LogP contribution in [0.25, 0.3) is 11.0 Å². The Balaban J connectivity index is 1.87. The number of anilines is 1. The van der Waals surface area contributed by atoms with Gasteiger partial charge in [-0.15, -0.1) is 0 Å². The van der Waals surface area contributed by atoms with Crippen LogP contribution >= 0.6 is 0 Å². The zero-order chi connectivity index (χ0) is 13.2. The number of nitrogens with zero attached hydrogens (tertiary/aromatic N) is 2. The third kappa shape index (κ3) is 2.43. The lowest BCUT2D eigenvalue weighted by Gasteiger charge is -2.11. The summed E-state index contributed by atoms with van der Waals surface area (Å²) in [6.07, 6.45) is 2.19. The topological polar surface area (TPSA) is 73.3 Å². The number of nitrogen functional groups attached to an aromatic ring is 1. The molecule has 2 aromatic rings. The maximum atomic E-state index is 9.44. The number of aromatic nitrogens is 2. The van der Waals surface area contributed by atoms with E-state index in [1.54, 1.807) is 0 Å². The number of hydrogen-bond acceptors (Lipinski definition) is 4. The molecule has 19 heavy (non-hydrogen) atoms. The quantitative estimate of drug-likeness (QED) is 0.819. The van der Waals surface area contributed by atoms with Crippen LogP contribution < -0.4 is 5.73 Å². The highest BCUT2D eigenvalue weighted by Crippen LogP contribution is 2.22. The first kappa shape index (κ1) is 12.4. The minimum atomic E-state index is -0.0459. The number of nitrogens with two attached hydrogens (primary N) is 1. The second-order valence-electron chi connectivity index (χ2n) is 5.10. The van der Waals surface area contributed by atoms with Gasteiger partial charge in [-0.25, -0.2) is 4.98 Å². The largest absolute Gasteiger partial charge is 0.399 e. The summed E-state index contributed by atoms with van der Waals surface area (Å²) in [4.78, 5) is 4.44. The number of imidazole rings is 1. The van der Waals surface area contributed by atoms with Crippen molar-refractivity contribution in [2.75, 3.05) is 18.9 Å². The zero-order valence-corrected chi connectivity index (χ0v) is 10.9. The molecule has 0 radical (unpaired) electrons. The Morgan fingerprint density at radius 1 is 1.47 bits per heavy atom. The molecule has 3 N–H and O–H groups in total. The van der Waals surface area contributed by atoms with E-state index in [2.05, 4.69) is 9.55 Å². The van der Waals surface area contributed by atoms with Gasteiger partial charge in [-0.05, 0) is 37.0 Å². The molecule has 5 heteroatoms. The molecule has 1 aromatic carbocycles. The van der Waals surface area contributed by atoms with Crippen molar-refractivity contribution in [3.8, 4) is 0 Å². The number of fused-ring (bicyclic) bond motifs is 1. The van der Waals surface area contributed by atoms with Crippen molar-refractivity contribution in [2.45, 2.75) is 26.0 Å². The number of aliphatic hydroxyl groups excluding tert-OH is 1. The Labute approximate surface area is 112 Å². The number of rotatable bonds is 4. The van der Waals surface area contributed by atoms with Crippen molar-refractivity contribution in [2.24, 2.45) is 5.92 Å². The van der Waals surface area contributed by atoms with Crippen LogP contribution in [0, 0.1) is 5.92 Å². The van der Waals surface area contributed by atoms with E-state index in [4.69, 9.17) is 10.5 Å². The fraction of sp³-hybridized carbons (Fsp3) is 0.500. The highest BCUT2D eigenvalue weighted by molar-refractivity contribution is 5.79. The molecule has 1 saturated heterocycles. The SMILES string of the molecule is Nc1ccc2c(c1)nc(CO)n2CCC1CCOC1. The maximum absolute atomic E-state index is 9.44. The molecule has 1 unspecified atom stereocenters. The van der Waals surface area contributed by atoms with Crippen LogP contribution in [-0.2, 0) is 17.9 Å². The second kappa shape index (κ2) is 5.19. The molecule has 0 saturated carbocycles. The van der Waals surface area contributed by atoms with Crippen LogP contribution in [0.1, 0.15) is 18.7 Å². The molecule has 1 atom stereocenters. The van der Waals surface area contributed by atoms with Gasteiger partial charge in [-0.2, -0.15) is 0 Å². The van der Waals surface area contributed by atoms with Crippen LogP contribution in [0.2, 0.25) is 0 Å².